The molecule has 3 heterocycles. The van der Waals surface area contributed by atoms with E-state index in [1.807, 2.05) is 53.4 Å². The molecule has 0 spiro atoms. The molecule has 86 valence electrons. The van der Waals surface area contributed by atoms with Crippen LogP contribution in [0.1, 0.15) is 22.2 Å². The monoisotopic (exact) mass is 244 g/mol. The molecule has 1 unspecified atom stereocenters. The van der Waals surface area contributed by atoms with Crippen LogP contribution in [0.15, 0.2) is 42.0 Å². The number of imidazole rings is 1. The number of hydrogen-bond acceptors (Lipinski definition) is 3. The van der Waals surface area contributed by atoms with Crippen LogP contribution >= 0.6 is 11.3 Å². The topological polar surface area (TPSA) is 37.5 Å². The molecule has 3 aromatic heterocycles. The maximum atomic E-state index is 10.2. The molecule has 0 saturated carbocycles. The van der Waals surface area contributed by atoms with Crippen molar-refractivity contribution in [1.29, 1.82) is 0 Å². The quantitative estimate of drug-likeness (QED) is 0.752. The third-order valence-corrected chi connectivity index (χ3v) is 3.61. The van der Waals surface area contributed by atoms with Gasteiger partial charge in [0.05, 0.1) is 5.69 Å². The summed E-state index contributed by atoms with van der Waals surface area (Å²) in [6, 6.07) is 7.81. The minimum atomic E-state index is -0.639. The second-order valence-corrected chi connectivity index (χ2v) is 5.14. The SMILES string of the molecule is Cc1cc(C(O)c2cn3ccccc3n2)cs1. The van der Waals surface area contributed by atoms with Crippen LogP contribution in [-0.2, 0) is 0 Å². The van der Waals surface area contributed by atoms with E-state index >= 15 is 0 Å². The van der Waals surface area contributed by atoms with Crippen LogP contribution in [0.25, 0.3) is 5.65 Å². The van der Waals surface area contributed by atoms with Crippen molar-refractivity contribution in [3.05, 3.63) is 58.2 Å². The lowest BCUT2D eigenvalue weighted by molar-refractivity contribution is 0.216. The Morgan fingerprint density at radius 1 is 1.41 bits per heavy atom. The number of thiophene rings is 1. The summed E-state index contributed by atoms with van der Waals surface area (Å²) in [5.74, 6) is 0. The molecule has 0 saturated heterocycles. The Balaban J connectivity index is 2.03. The van der Waals surface area contributed by atoms with Gasteiger partial charge in [-0.25, -0.2) is 4.98 Å². The van der Waals surface area contributed by atoms with Gasteiger partial charge in [-0.15, -0.1) is 11.3 Å². The van der Waals surface area contributed by atoms with E-state index in [0.717, 1.165) is 11.2 Å². The number of aliphatic hydroxyl groups is 1. The first-order valence-corrected chi connectivity index (χ1v) is 6.29. The third kappa shape index (κ3) is 1.85. The molecule has 0 aromatic carbocycles. The van der Waals surface area contributed by atoms with Gasteiger partial charge >= 0.3 is 0 Å². The number of pyridine rings is 1. The highest BCUT2D eigenvalue weighted by Gasteiger charge is 2.15. The number of aromatic nitrogens is 2. The van der Waals surface area contributed by atoms with Crippen LogP contribution in [0, 0.1) is 6.92 Å². The number of hydrogen-bond donors (Lipinski definition) is 1. The number of rotatable bonds is 2. The zero-order valence-electron chi connectivity index (χ0n) is 9.37. The molecular formula is C13H12N2OS. The Labute approximate surface area is 103 Å². The molecule has 0 aliphatic heterocycles. The van der Waals surface area contributed by atoms with Gasteiger partial charge in [0.15, 0.2) is 0 Å². The van der Waals surface area contributed by atoms with Gasteiger partial charge in [0.25, 0.3) is 0 Å². The second kappa shape index (κ2) is 3.98. The molecule has 17 heavy (non-hydrogen) atoms. The van der Waals surface area contributed by atoms with E-state index in [1.165, 1.54) is 4.88 Å². The van der Waals surface area contributed by atoms with Crippen LogP contribution in [0.5, 0.6) is 0 Å². The van der Waals surface area contributed by atoms with E-state index < -0.39 is 6.10 Å². The lowest BCUT2D eigenvalue weighted by atomic mass is 10.1. The molecule has 4 heteroatoms. The Morgan fingerprint density at radius 2 is 2.29 bits per heavy atom. The van der Waals surface area contributed by atoms with Crippen molar-refractivity contribution < 1.29 is 5.11 Å². The van der Waals surface area contributed by atoms with Crippen LogP contribution in [0.4, 0.5) is 0 Å². The summed E-state index contributed by atoms with van der Waals surface area (Å²) in [6.45, 7) is 2.03. The van der Waals surface area contributed by atoms with E-state index in [4.69, 9.17) is 0 Å². The van der Waals surface area contributed by atoms with Crippen molar-refractivity contribution in [3.8, 4) is 0 Å². The summed E-state index contributed by atoms with van der Waals surface area (Å²) >= 11 is 1.64. The first kappa shape index (κ1) is 10.5. The second-order valence-electron chi connectivity index (χ2n) is 4.03. The molecule has 3 rings (SSSR count). The molecule has 0 fully saturated rings. The fraction of sp³-hybridized carbons (Fsp3) is 0.154. The summed E-state index contributed by atoms with van der Waals surface area (Å²) in [4.78, 5) is 5.61. The lowest BCUT2D eigenvalue weighted by Gasteiger charge is -2.03. The average Bonchev–Trinajstić information content (AvgIpc) is 2.93. The fourth-order valence-corrected chi connectivity index (χ4v) is 2.59. The van der Waals surface area contributed by atoms with Crippen molar-refractivity contribution in [1.82, 2.24) is 9.38 Å². The Morgan fingerprint density at radius 3 is 3.00 bits per heavy atom. The van der Waals surface area contributed by atoms with Crippen LogP contribution in [-0.4, -0.2) is 14.5 Å². The van der Waals surface area contributed by atoms with E-state index in [2.05, 4.69) is 4.98 Å². The first-order valence-electron chi connectivity index (χ1n) is 5.41. The Hall–Kier alpha value is -1.65. The zero-order chi connectivity index (χ0) is 11.8. The molecule has 3 aromatic rings. The van der Waals surface area contributed by atoms with Crippen LogP contribution in [0.2, 0.25) is 0 Å². The molecule has 0 aliphatic rings. The van der Waals surface area contributed by atoms with E-state index in [1.54, 1.807) is 11.3 Å². The van der Waals surface area contributed by atoms with Crippen molar-refractivity contribution in [3.63, 3.8) is 0 Å². The Bertz CT molecular complexity index is 623. The molecule has 1 N–H and O–H groups in total. The highest BCUT2D eigenvalue weighted by molar-refractivity contribution is 7.10. The van der Waals surface area contributed by atoms with Gasteiger partial charge in [0, 0.05) is 17.3 Å². The molecule has 0 radical (unpaired) electrons. The lowest BCUT2D eigenvalue weighted by Crippen LogP contribution is -1.97. The maximum absolute atomic E-state index is 10.2. The summed E-state index contributed by atoms with van der Waals surface area (Å²) < 4.78 is 1.91. The molecule has 3 nitrogen and oxygen atoms in total. The predicted molar refractivity (Wildman–Crippen MR) is 68.3 cm³/mol. The number of nitrogens with zero attached hydrogens (tertiary/aromatic N) is 2. The summed E-state index contributed by atoms with van der Waals surface area (Å²) in [7, 11) is 0. The largest absolute Gasteiger partial charge is 0.382 e. The van der Waals surface area contributed by atoms with E-state index in [9.17, 15) is 5.11 Å². The van der Waals surface area contributed by atoms with Crippen LogP contribution in [0.3, 0.4) is 0 Å². The van der Waals surface area contributed by atoms with Crippen molar-refractivity contribution in [2.45, 2.75) is 13.0 Å². The number of aliphatic hydroxyl groups excluding tert-OH is 1. The van der Waals surface area contributed by atoms with E-state index in [0.29, 0.717) is 5.69 Å². The average molecular weight is 244 g/mol. The summed E-state index contributed by atoms with van der Waals surface area (Å²) in [5.41, 5.74) is 2.46. The maximum Gasteiger partial charge on any atom is 0.137 e. The highest BCUT2D eigenvalue weighted by atomic mass is 32.1. The van der Waals surface area contributed by atoms with Crippen molar-refractivity contribution in [2.24, 2.45) is 0 Å². The van der Waals surface area contributed by atoms with Gasteiger partial charge in [0.2, 0.25) is 0 Å². The molecule has 0 bridgehead atoms. The predicted octanol–water partition coefficient (Wildman–Crippen LogP) is 2.79. The zero-order valence-corrected chi connectivity index (χ0v) is 10.2. The van der Waals surface area contributed by atoms with Gasteiger partial charge in [-0.2, -0.15) is 0 Å². The molecule has 0 amide bonds. The van der Waals surface area contributed by atoms with Gasteiger partial charge in [-0.3, -0.25) is 0 Å². The summed E-state index contributed by atoms with van der Waals surface area (Å²) in [5, 5.41) is 12.2. The third-order valence-electron chi connectivity index (χ3n) is 2.73. The Kier molecular flexibility index (Phi) is 2.46. The smallest absolute Gasteiger partial charge is 0.137 e. The van der Waals surface area contributed by atoms with Gasteiger partial charge in [-0.05, 0) is 36.1 Å². The first-order chi connectivity index (χ1) is 8.24. The minimum Gasteiger partial charge on any atom is -0.382 e. The van der Waals surface area contributed by atoms with Crippen LogP contribution < -0.4 is 0 Å². The molecule has 0 aliphatic carbocycles. The number of aryl methyl sites for hydroxylation is 1. The fourth-order valence-electron chi connectivity index (χ4n) is 1.86. The molecular weight excluding hydrogens is 232 g/mol. The molecule has 1 atom stereocenters. The van der Waals surface area contributed by atoms with E-state index in [-0.39, 0.29) is 0 Å². The van der Waals surface area contributed by atoms with Crippen molar-refractivity contribution in [2.75, 3.05) is 0 Å². The van der Waals surface area contributed by atoms with Gasteiger partial charge in [0.1, 0.15) is 11.8 Å². The van der Waals surface area contributed by atoms with Gasteiger partial charge in [-0.1, -0.05) is 6.07 Å². The standard InChI is InChI=1S/C13H12N2OS/c1-9-6-10(8-17-9)13(16)11-7-15-5-3-2-4-12(15)14-11/h2-8,13,16H,1H3. The van der Waals surface area contributed by atoms with Gasteiger partial charge < -0.3 is 9.51 Å². The highest BCUT2D eigenvalue weighted by Crippen LogP contribution is 2.25. The van der Waals surface area contributed by atoms with Crippen molar-refractivity contribution >= 4 is 17.0 Å². The normalized spacial score (nSPS) is 13.1. The minimum absolute atomic E-state index is 0.639. The number of fused-ring (bicyclic) bond motifs is 1. The summed E-state index contributed by atoms with van der Waals surface area (Å²) in [6.07, 6.45) is 3.16.